The molecule has 1 aromatic heterocycles. The highest BCUT2D eigenvalue weighted by molar-refractivity contribution is 7.92. The van der Waals surface area contributed by atoms with Crippen LogP contribution in [-0.2, 0) is 21.3 Å². The van der Waals surface area contributed by atoms with Crippen LogP contribution in [0, 0.1) is 5.82 Å². The lowest BCUT2D eigenvalue weighted by molar-refractivity contribution is 0.0996. The maximum absolute atomic E-state index is 13.2. The molecule has 1 heterocycles. The van der Waals surface area contributed by atoms with Crippen molar-refractivity contribution in [1.29, 1.82) is 0 Å². The van der Waals surface area contributed by atoms with E-state index < -0.39 is 21.7 Å². The molecule has 0 radical (unpaired) electrons. The Morgan fingerprint density at radius 1 is 1.05 bits per heavy atom. The van der Waals surface area contributed by atoms with Crippen molar-refractivity contribution < 1.29 is 27.1 Å². The summed E-state index contributed by atoms with van der Waals surface area (Å²) in [6.07, 6.45) is 0. The number of benzene rings is 3. The smallest absolute Gasteiger partial charge is 0.279 e. The van der Waals surface area contributed by atoms with Crippen LogP contribution >= 0.6 is 11.3 Å². The normalized spacial score (nSPS) is 12.1. The van der Waals surface area contributed by atoms with E-state index >= 15 is 0 Å². The molecule has 3 aromatic carbocycles. The van der Waals surface area contributed by atoms with E-state index in [0.29, 0.717) is 31.2 Å². The topological polar surface area (TPSA) is 99.0 Å². The zero-order valence-corrected chi connectivity index (χ0v) is 21.9. The van der Waals surface area contributed by atoms with Gasteiger partial charge in [-0.25, -0.2) is 12.8 Å². The van der Waals surface area contributed by atoms with E-state index in [1.54, 1.807) is 12.1 Å². The van der Waals surface area contributed by atoms with Gasteiger partial charge in [-0.1, -0.05) is 17.4 Å². The van der Waals surface area contributed by atoms with Crippen LogP contribution in [0.15, 0.2) is 76.6 Å². The number of fused-ring (bicyclic) bond motifs is 1. The molecular formula is C26H26FN3O5S2. The fourth-order valence-corrected chi connectivity index (χ4v) is 5.74. The van der Waals surface area contributed by atoms with Crippen LogP contribution in [0.2, 0.25) is 0 Å². The number of rotatable bonds is 10. The van der Waals surface area contributed by atoms with Gasteiger partial charge in [-0.3, -0.25) is 9.52 Å². The van der Waals surface area contributed by atoms with Crippen molar-refractivity contribution in [3.8, 4) is 5.75 Å². The Hall–Kier alpha value is -3.54. The van der Waals surface area contributed by atoms with Crippen LogP contribution in [0.25, 0.3) is 10.2 Å². The average Bonchev–Trinajstić information content (AvgIpc) is 3.20. The first-order valence-electron chi connectivity index (χ1n) is 11.6. The largest absolute Gasteiger partial charge is 0.494 e. The maximum Gasteiger partial charge on any atom is 0.279 e. The Kier molecular flexibility index (Phi) is 8.37. The van der Waals surface area contributed by atoms with E-state index in [1.807, 2.05) is 36.6 Å². The number of halogens is 1. The summed E-state index contributed by atoms with van der Waals surface area (Å²) in [7, 11) is -3.96. The van der Waals surface area contributed by atoms with Gasteiger partial charge in [-0.2, -0.15) is 4.99 Å². The van der Waals surface area contributed by atoms with E-state index in [-0.39, 0.29) is 16.1 Å². The first-order valence-corrected chi connectivity index (χ1v) is 13.9. The van der Waals surface area contributed by atoms with Gasteiger partial charge in [0.2, 0.25) is 0 Å². The third-order valence-corrected chi connectivity index (χ3v) is 7.75. The quantitative estimate of drug-likeness (QED) is 0.289. The third-order valence-electron chi connectivity index (χ3n) is 5.31. The van der Waals surface area contributed by atoms with Gasteiger partial charge in [-0.05, 0) is 74.5 Å². The molecule has 11 heteroatoms. The molecule has 0 aliphatic rings. The first-order chi connectivity index (χ1) is 17.8. The summed E-state index contributed by atoms with van der Waals surface area (Å²) in [6, 6.07) is 16.2. The van der Waals surface area contributed by atoms with Crippen LogP contribution < -0.4 is 14.3 Å². The maximum atomic E-state index is 13.2. The second kappa shape index (κ2) is 11.7. The van der Waals surface area contributed by atoms with Crippen LogP contribution in [0.1, 0.15) is 24.2 Å². The molecule has 8 nitrogen and oxygen atoms in total. The Balaban J connectivity index is 1.66. The molecule has 0 aliphatic heterocycles. The second-order valence-corrected chi connectivity index (χ2v) is 10.5. The molecule has 1 amide bonds. The monoisotopic (exact) mass is 543 g/mol. The Morgan fingerprint density at radius 2 is 1.84 bits per heavy atom. The molecule has 37 heavy (non-hydrogen) atoms. The standard InChI is InChI=1S/C26H26FN3O5S2/c1-3-34-15-14-30-23-13-10-21(35-4-2)17-24(23)36-26(30)28-25(31)18-6-5-7-20(16-18)29-37(32,33)22-11-8-19(27)9-12-22/h5-13,16-17,29H,3-4,14-15H2,1-2H3. The number of anilines is 1. The number of hydrogen-bond acceptors (Lipinski definition) is 6. The van der Waals surface area contributed by atoms with E-state index in [4.69, 9.17) is 9.47 Å². The molecule has 0 unspecified atom stereocenters. The van der Waals surface area contributed by atoms with Crippen LogP contribution in [0.5, 0.6) is 5.75 Å². The van der Waals surface area contributed by atoms with E-state index in [1.165, 1.54) is 35.6 Å². The summed E-state index contributed by atoms with van der Waals surface area (Å²) >= 11 is 1.36. The summed E-state index contributed by atoms with van der Waals surface area (Å²) < 4.78 is 54.9. The summed E-state index contributed by atoms with van der Waals surface area (Å²) in [5, 5.41) is 0. The molecule has 0 aliphatic carbocycles. The first kappa shape index (κ1) is 26.5. The predicted molar refractivity (Wildman–Crippen MR) is 141 cm³/mol. The number of aromatic nitrogens is 1. The van der Waals surface area contributed by atoms with Gasteiger partial charge in [0.15, 0.2) is 4.80 Å². The van der Waals surface area contributed by atoms with E-state index in [0.717, 1.165) is 28.1 Å². The minimum atomic E-state index is -3.96. The summed E-state index contributed by atoms with van der Waals surface area (Å²) in [6.45, 7) is 5.90. The molecule has 4 aromatic rings. The van der Waals surface area contributed by atoms with Gasteiger partial charge in [-0.15, -0.1) is 0 Å². The van der Waals surface area contributed by atoms with Gasteiger partial charge >= 0.3 is 0 Å². The minimum Gasteiger partial charge on any atom is -0.494 e. The van der Waals surface area contributed by atoms with E-state index in [2.05, 4.69) is 9.71 Å². The van der Waals surface area contributed by atoms with Crippen molar-refractivity contribution in [2.45, 2.75) is 25.3 Å². The van der Waals surface area contributed by atoms with Gasteiger partial charge in [0, 0.05) is 24.4 Å². The number of sulfonamides is 1. The predicted octanol–water partition coefficient (Wildman–Crippen LogP) is 4.82. The number of hydrogen-bond donors (Lipinski definition) is 1. The van der Waals surface area contributed by atoms with E-state index in [9.17, 15) is 17.6 Å². The van der Waals surface area contributed by atoms with Crippen LogP contribution in [-0.4, -0.2) is 38.7 Å². The Bertz CT molecular complexity index is 1580. The summed E-state index contributed by atoms with van der Waals surface area (Å²) in [5.74, 6) is -0.334. The highest BCUT2D eigenvalue weighted by atomic mass is 32.2. The van der Waals surface area contributed by atoms with Crippen LogP contribution in [0.4, 0.5) is 10.1 Å². The SMILES string of the molecule is CCOCCn1c(=NC(=O)c2cccc(NS(=O)(=O)c3ccc(F)cc3)c2)sc2cc(OCC)ccc21. The van der Waals surface area contributed by atoms with Crippen molar-refractivity contribution in [2.75, 3.05) is 24.5 Å². The fraction of sp³-hybridized carbons (Fsp3) is 0.231. The molecule has 0 fully saturated rings. The lowest BCUT2D eigenvalue weighted by Gasteiger charge is -2.09. The van der Waals surface area contributed by atoms with Gasteiger partial charge in [0.1, 0.15) is 11.6 Å². The zero-order chi connectivity index (χ0) is 26.4. The average molecular weight is 544 g/mol. The molecule has 4 rings (SSSR count). The van der Waals surface area contributed by atoms with Crippen molar-refractivity contribution in [3.05, 3.63) is 82.9 Å². The number of nitrogens with zero attached hydrogens (tertiary/aromatic N) is 2. The second-order valence-electron chi connectivity index (χ2n) is 7.85. The zero-order valence-electron chi connectivity index (χ0n) is 20.3. The Morgan fingerprint density at radius 3 is 2.57 bits per heavy atom. The van der Waals surface area contributed by atoms with Gasteiger partial charge in [0.05, 0.1) is 28.3 Å². The molecule has 1 N–H and O–H groups in total. The van der Waals surface area contributed by atoms with Gasteiger partial charge in [0.25, 0.3) is 15.9 Å². The highest BCUT2D eigenvalue weighted by Crippen LogP contribution is 2.24. The third kappa shape index (κ3) is 6.43. The van der Waals surface area contributed by atoms with Crippen molar-refractivity contribution in [1.82, 2.24) is 4.57 Å². The van der Waals surface area contributed by atoms with Crippen molar-refractivity contribution in [3.63, 3.8) is 0 Å². The summed E-state index contributed by atoms with van der Waals surface area (Å²) in [5.41, 5.74) is 1.30. The fourth-order valence-electron chi connectivity index (χ4n) is 3.61. The number of ether oxygens (including phenoxy) is 2. The molecule has 0 atom stereocenters. The highest BCUT2D eigenvalue weighted by Gasteiger charge is 2.16. The molecule has 194 valence electrons. The minimum absolute atomic E-state index is 0.0950. The molecule has 0 spiro atoms. The number of nitrogens with one attached hydrogen (secondary N) is 1. The van der Waals surface area contributed by atoms with Crippen molar-refractivity contribution in [2.24, 2.45) is 4.99 Å². The lowest BCUT2D eigenvalue weighted by Crippen LogP contribution is -2.20. The van der Waals surface area contributed by atoms with Gasteiger partial charge < -0.3 is 14.0 Å². The molecule has 0 saturated carbocycles. The number of thiazole rings is 1. The lowest BCUT2D eigenvalue weighted by atomic mass is 10.2. The van der Waals surface area contributed by atoms with Crippen LogP contribution in [0.3, 0.4) is 0 Å². The summed E-state index contributed by atoms with van der Waals surface area (Å²) in [4.78, 5) is 17.9. The Labute approximate surface area is 218 Å². The molecular weight excluding hydrogens is 517 g/mol. The number of carbonyl (C=O) groups is 1. The molecule has 0 bridgehead atoms. The van der Waals surface area contributed by atoms with Crippen molar-refractivity contribution >= 4 is 43.2 Å². The number of carbonyl (C=O) groups excluding carboxylic acids is 1. The molecule has 0 saturated heterocycles. The number of amides is 1.